The smallest absolute Gasteiger partial charge is 0.338 e. The largest absolute Gasteiger partial charge is 0.456 e. The number of benzene rings is 2. The maximum absolute atomic E-state index is 15.4. The Hall–Kier alpha value is -4.96. The number of carbonyl (C=O) groups is 6. The molecule has 1 saturated heterocycles. The first kappa shape index (κ1) is 44.6. The normalized spacial score (nSPS) is 32.6. The fourth-order valence-corrected chi connectivity index (χ4v) is 9.95. The van der Waals surface area contributed by atoms with E-state index in [1.54, 1.807) is 62.4 Å². The molecule has 0 aromatic heterocycles. The molecule has 2 aromatic rings. The lowest BCUT2D eigenvalue weighted by Crippen LogP contribution is -2.82. The number of ether oxygens (including phenoxy) is 5. The predicted octanol–water partition coefficient (Wildman–Crippen LogP) is 3.61. The molecule has 15 nitrogen and oxygen atoms in total. The van der Waals surface area contributed by atoms with Crippen molar-refractivity contribution in [3.63, 3.8) is 0 Å². The van der Waals surface area contributed by atoms with E-state index in [0.29, 0.717) is 12.0 Å². The Morgan fingerprint density at radius 1 is 0.933 bits per heavy atom. The SMILES string of the molecule is CCCCC(=O)N[C@@H](c1ccccc1)[C@@H](O)C(=O)O[C@H]1C[C@@]2(O)[C@@H](OC(=O)c3ccccc3)C3[C@](C)(C(=O)[C@H](OC(C)=O)C(=C1C)C2(C)C)[C@@H](O)C[C@H]1OC[C@@]31OC(C)=O. The van der Waals surface area contributed by atoms with E-state index >= 15 is 4.79 Å². The van der Waals surface area contributed by atoms with Crippen molar-refractivity contribution in [2.24, 2.45) is 16.7 Å². The van der Waals surface area contributed by atoms with Crippen molar-refractivity contribution in [2.75, 3.05) is 6.61 Å². The molecule has 2 aromatic carbocycles. The van der Waals surface area contributed by atoms with Gasteiger partial charge in [0.2, 0.25) is 5.91 Å². The highest BCUT2D eigenvalue weighted by Crippen LogP contribution is 2.64. The second kappa shape index (κ2) is 16.8. The van der Waals surface area contributed by atoms with E-state index in [1.807, 2.05) is 6.92 Å². The first-order valence-electron chi connectivity index (χ1n) is 20.4. The Bertz CT molecular complexity index is 2030. The van der Waals surface area contributed by atoms with Gasteiger partial charge in [0.25, 0.3) is 0 Å². The van der Waals surface area contributed by atoms with Gasteiger partial charge in [0.15, 0.2) is 23.6 Å². The van der Waals surface area contributed by atoms with Gasteiger partial charge in [0, 0.05) is 38.5 Å². The highest BCUT2D eigenvalue weighted by Gasteiger charge is 2.78. The Kier molecular flexibility index (Phi) is 12.5. The number of aliphatic hydroxyl groups excluding tert-OH is 2. The summed E-state index contributed by atoms with van der Waals surface area (Å²) in [5.74, 6) is -6.57. The second-order valence-corrected chi connectivity index (χ2v) is 17.2. The van der Waals surface area contributed by atoms with Crippen LogP contribution in [0.15, 0.2) is 71.8 Å². The number of fused-ring (bicyclic) bond motifs is 5. The molecule has 1 unspecified atom stereocenters. The minimum atomic E-state index is -2.37. The monoisotopic (exact) mass is 833 g/mol. The van der Waals surface area contributed by atoms with Crippen LogP contribution in [-0.4, -0.2) is 105 Å². The molecule has 1 amide bonds. The lowest BCUT2D eigenvalue weighted by molar-refractivity contribution is -0.346. The lowest BCUT2D eigenvalue weighted by Gasteiger charge is -2.67. The van der Waals surface area contributed by atoms with E-state index in [1.165, 1.54) is 26.0 Å². The first-order valence-corrected chi connectivity index (χ1v) is 20.4. The summed E-state index contributed by atoms with van der Waals surface area (Å²) >= 11 is 0. The van der Waals surface area contributed by atoms with Crippen molar-refractivity contribution in [3.05, 3.63) is 82.9 Å². The van der Waals surface area contributed by atoms with Crippen LogP contribution in [0.25, 0.3) is 0 Å². The topological polar surface area (TPSA) is 221 Å². The zero-order chi connectivity index (χ0) is 43.9. The molecular weight excluding hydrogens is 778 g/mol. The van der Waals surface area contributed by atoms with Crippen molar-refractivity contribution in [2.45, 2.75) is 134 Å². The summed E-state index contributed by atoms with van der Waals surface area (Å²) in [6.45, 7) is 9.94. The van der Waals surface area contributed by atoms with E-state index in [-0.39, 0.29) is 36.2 Å². The van der Waals surface area contributed by atoms with Gasteiger partial charge in [-0.25, -0.2) is 9.59 Å². The van der Waals surface area contributed by atoms with Crippen molar-refractivity contribution in [1.29, 1.82) is 0 Å². The zero-order valence-electron chi connectivity index (χ0n) is 35.0. The zero-order valence-corrected chi connectivity index (χ0v) is 35.0. The predicted molar refractivity (Wildman–Crippen MR) is 211 cm³/mol. The van der Waals surface area contributed by atoms with E-state index in [4.69, 9.17) is 23.7 Å². The molecule has 2 bridgehead atoms. The van der Waals surface area contributed by atoms with Crippen LogP contribution in [0.4, 0.5) is 0 Å². The fraction of sp³-hybridized carbons (Fsp3) is 0.556. The molecule has 3 fully saturated rings. The van der Waals surface area contributed by atoms with E-state index < -0.39 is 113 Å². The first-order chi connectivity index (χ1) is 28.2. The van der Waals surface area contributed by atoms with Crippen LogP contribution in [-0.2, 0) is 47.7 Å². The molecular formula is C45H55NO14. The Morgan fingerprint density at radius 2 is 1.57 bits per heavy atom. The molecule has 15 heteroatoms. The van der Waals surface area contributed by atoms with Crippen molar-refractivity contribution >= 4 is 35.6 Å². The summed E-state index contributed by atoms with van der Waals surface area (Å²) in [6, 6.07) is 15.0. The lowest BCUT2D eigenvalue weighted by atomic mass is 9.44. The van der Waals surface area contributed by atoms with Gasteiger partial charge in [-0.1, -0.05) is 75.7 Å². The fourth-order valence-electron chi connectivity index (χ4n) is 9.95. The highest BCUT2D eigenvalue weighted by atomic mass is 16.6. The van der Waals surface area contributed by atoms with Gasteiger partial charge < -0.3 is 44.3 Å². The number of nitrogens with one attached hydrogen (secondary N) is 1. The van der Waals surface area contributed by atoms with Crippen LogP contribution in [0.3, 0.4) is 0 Å². The quantitative estimate of drug-likeness (QED) is 0.136. The standard InChI is InChI=1S/C45H55NO14/c1-8-9-20-32(50)46-34(27-16-12-10-13-17-27)35(51)41(54)58-29-22-45(55)39(59-40(53)28-18-14-11-15-19-28)37-43(7,30(49)21-31-44(37,23-56-31)60-26(4)48)38(52)36(57-25(3)47)33(24(29)2)42(45,5)6/h10-19,29-31,34-37,39,49,51,55H,8-9,20-23H2,1-7H3,(H,46,50)/t29-,30-,31+,34-,35+,36+,37?,39-,43+,44-,45+/m0/s1. The van der Waals surface area contributed by atoms with Crippen molar-refractivity contribution < 1.29 is 67.8 Å². The maximum atomic E-state index is 15.4. The molecule has 4 N–H and O–H groups in total. The number of amides is 1. The number of esters is 4. The number of unbranched alkanes of at least 4 members (excludes halogenated alkanes) is 1. The molecule has 60 heavy (non-hydrogen) atoms. The van der Waals surface area contributed by atoms with Crippen molar-refractivity contribution in [3.8, 4) is 0 Å². The third-order valence-electron chi connectivity index (χ3n) is 13.2. The summed E-state index contributed by atoms with van der Waals surface area (Å²) < 4.78 is 30.2. The molecule has 0 spiro atoms. The molecule has 6 rings (SSSR count). The third kappa shape index (κ3) is 7.54. The number of rotatable bonds is 12. The van der Waals surface area contributed by atoms with Gasteiger partial charge >= 0.3 is 23.9 Å². The van der Waals surface area contributed by atoms with Crippen LogP contribution >= 0.6 is 0 Å². The second-order valence-electron chi connectivity index (χ2n) is 17.2. The van der Waals surface area contributed by atoms with Gasteiger partial charge in [-0.05, 0) is 49.1 Å². The highest BCUT2D eigenvalue weighted by molar-refractivity contribution is 5.95. The molecule has 1 heterocycles. The number of hydrogen-bond acceptors (Lipinski definition) is 14. The number of Topliss-reactive ketones (excluding diaryl/α,β-unsaturated/α-hetero) is 1. The number of ketones is 1. The molecule has 0 radical (unpaired) electrons. The van der Waals surface area contributed by atoms with E-state index in [9.17, 15) is 39.3 Å². The molecule has 324 valence electrons. The van der Waals surface area contributed by atoms with E-state index in [0.717, 1.165) is 20.3 Å². The summed E-state index contributed by atoms with van der Waals surface area (Å²) in [5, 5.41) is 40.1. The van der Waals surface area contributed by atoms with Gasteiger partial charge in [0.1, 0.15) is 23.9 Å². The minimum Gasteiger partial charge on any atom is -0.456 e. The van der Waals surface area contributed by atoms with Crippen LogP contribution in [0.1, 0.15) is 103 Å². The third-order valence-corrected chi connectivity index (χ3v) is 13.2. The average Bonchev–Trinajstić information content (AvgIpc) is 3.20. The Balaban J connectivity index is 1.54. The van der Waals surface area contributed by atoms with Crippen LogP contribution in [0.2, 0.25) is 0 Å². The van der Waals surface area contributed by atoms with Crippen molar-refractivity contribution in [1.82, 2.24) is 5.32 Å². The minimum absolute atomic E-state index is 0.0115. The number of hydrogen-bond donors (Lipinski definition) is 4. The number of carbonyl (C=O) groups excluding carboxylic acids is 6. The number of aliphatic hydroxyl groups is 3. The summed E-state index contributed by atoms with van der Waals surface area (Å²) in [5.41, 5.74) is -7.13. The molecule has 4 aliphatic rings. The van der Waals surface area contributed by atoms with E-state index in [2.05, 4.69) is 5.32 Å². The van der Waals surface area contributed by atoms with Crippen LogP contribution in [0, 0.1) is 16.7 Å². The summed E-state index contributed by atoms with van der Waals surface area (Å²) in [6.07, 6.45) is -8.90. The van der Waals surface area contributed by atoms with Gasteiger partial charge in [-0.2, -0.15) is 0 Å². The van der Waals surface area contributed by atoms with Gasteiger partial charge in [0.05, 0.1) is 35.6 Å². The summed E-state index contributed by atoms with van der Waals surface area (Å²) in [7, 11) is 0. The average molecular weight is 834 g/mol. The Labute approximate surface area is 348 Å². The Morgan fingerprint density at radius 3 is 2.13 bits per heavy atom. The molecule has 2 saturated carbocycles. The summed E-state index contributed by atoms with van der Waals surface area (Å²) in [4.78, 5) is 82.7. The van der Waals surface area contributed by atoms with Gasteiger partial charge in [-0.3, -0.25) is 19.2 Å². The van der Waals surface area contributed by atoms with Gasteiger partial charge in [-0.15, -0.1) is 0 Å². The molecule has 3 aliphatic carbocycles. The van der Waals surface area contributed by atoms with Crippen LogP contribution in [0.5, 0.6) is 0 Å². The maximum Gasteiger partial charge on any atom is 0.338 e. The van der Waals surface area contributed by atoms with Crippen LogP contribution < -0.4 is 5.32 Å². The molecule has 11 atom stereocenters. The molecule has 1 aliphatic heterocycles.